The Labute approximate surface area is 84.3 Å². The van der Waals surface area contributed by atoms with Crippen LogP contribution < -0.4 is 11.1 Å². The molecule has 1 amide bonds. The molecule has 0 heterocycles. The van der Waals surface area contributed by atoms with Crippen LogP contribution >= 0.6 is 0 Å². The van der Waals surface area contributed by atoms with Crippen LogP contribution in [0, 0.1) is 6.92 Å². The monoisotopic (exact) mass is 192 g/mol. The largest absolute Gasteiger partial charge is 0.352 e. The number of hydrogen-bond acceptors (Lipinski definition) is 2. The molecule has 0 saturated carbocycles. The average molecular weight is 192 g/mol. The molecular formula is C11H16N2O. The lowest BCUT2D eigenvalue weighted by Gasteiger charge is -2.06. The van der Waals surface area contributed by atoms with Gasteiger partial charge in [0, 0.05) is 12.1 Å². The molecule has 0 radical (unpaired) electrons. The minimum Gasteiger partial charge on any atom is -0.352 e. The van der Waals surface area contributed by atoms with E-state index >= 15 is 0 Å². The van der Waals surface area contributed by atoms with Gasteiger partial charge in [-0.1, -0.05) is 18.2 Å². The molecule has 0 atom stereocenters. The summed E-state index contributed by atoms with van der Waals surface area (Å²) in [7, 11) is 0. The summed E-state index contributed by atoms with van der Waals surface area (Å²) in [5.41, 5.74) is 7.07. The molecule has 1 aromatic rings. The molecule has 14 heavy (non-hydrogen) atoms. The van der Waals surface area contributed by atoms with E-state index in [4.69, 9.17) is 5.73 Å². The predicted molar refractivity (Wildman–Crippen MR) is 57.2 cm³/mol. The van der Waals surface area contributed by atoms with E-state index in [1.54, 1.807) is 0 Å². The lowest BCUT2D eigenvalue weighted by atomic mass is 10.1. The summed E-state index contributed by atoms with van der Waals surface area (Å²) in [5, 5.41) is 2.82. The van der Waals surface area contributed by atoms with E-state index in [-0.39, 0.29) is 5.91 Å². The first kappa shape index (κ1) is 10.7. The van der Waals surface area contributed by atoms with Crippen molar-refractivity contribution in [3.8, 4) is 0 Å². The maximum atomic E-state index is 11.6. The van der Waals surface area contributed by atoms with Crippen LogP contribution in [0.3, 0.4) is 0 Å². The molecular weight excluding hydrogens is 176 g/mol. The van der Waals surface area contributed by atoms with Gasteiger partial charge in [-0.15, -0.1) is 0 Å². The lowest BCUT2D eigenvalue weighted by molar-refractivity contribution is 0.0953. The van der Waals surface area contributed by atoms with Crippen molar-refractivity contribution in [2.24, 2.45) is 5.73 Å². The number of hydrogen-bond donors (Lipinski definition) is 2. The van der Waals surface area contributed by atoms with Gasteiger partial charge in [-0.2, -0.15) is 0 Å². The van der Waals surface area contributed by atoms with Gasteiger partial charge >= 0.3 is 0 Å². The van der Waals surface area contributed by atoms with Gasteiger partial charge in [0.2, 0.25) is 0 Å². The van der Waals surface area contributed by atoms with Gasteiger partial charge in [-0.3, -0.25) is 4.79 Å². The molecule has 0 saturated heterocycles. The molecule has 3 nitrogen and oxygen atoms in total. The van der Waals surface area contributed by atoms with Gasteiger partial charge in [-0.25, -0.2) is 0 Å². The van der Waals surface area contributed by atoms with Crippen LogP contribution in [-0.2, 0) is 0 Å². The first-order valence-electron chi connectivity index (χ1n) is 4.79. The van der Waals surface area contributed by atoms with Crippen molar-refractivity contribution in [2.45, 2.75) is 13.3 Å². The molecule has 0 aliphatic rings. The Kier molecular flexibility index (Phi) is 4.13. The van der Waals surface area contributed by atoms with E-state index in [1.807, 2.05) is 31.2 Å². The molecule has 0 fully saturated rings. The number of benzene rings is 1. The first-order valence-corrected chi connectivity index (χ1v) is 4.79. The van der Waals surface area contributed by atoms with Crippen LogP contribution in [-0.4, -0.2) is 19.0 Å². The first-order chi connectivity index (χ1) is 6.75. The lowest BCUT2D eigenvalue weighted by Crippen LogP contribution is -2.26. The normalized spacial score (nSPS) is 9.86. The van der Waals surface area contributed by atoms with E-state index in [9.17, 15) is 4.79 Å². The van der Waals surface area contributed by atoms with Crippen LogP contribution in [0.1, 0.15) is 22.3 Å². The minimum absolute atomic E-state index is 0.0171. The number of carbonyl (C=O) groups excluding carboxylic acids is 1. The number of nitrogens with one attached hydrogen (secondary N) is 1. The number of carbonyl (C=O) groups is 1. The Balaban J connectivity index is 2.56. The van der Waals surface area contributed by atoms with Crippen molar-refractivity contribution < 1.29 is 4.79 Å². The van der Waals surface area contributed by atoms with Crippen LogP contribution in [0.15, 0.2) is 24.3 Å². The van der Waals surface area contributed by atoms with E-state index < -0.39 is 0 Å². The Bertz CT molecular complexity index is 310. The van der Waals surface area contributed by atoms with Gasteiger partial charge < -0.3 is 11.1 Å². The number of aryl methyl sites for hydroxylation is 1. The van der Waals surface area contributed by atoms with Crippen LogP contribution in [0.2, 0.25) is 0 Å². The molecule has 0 aliphatic heterocycles. The zero-order valence-electron chi connectivity index (χ0n) is 8.42. The van der Waals surface area contributed by atoms with Crippen molar-refractivity contribution in [1.29, 1.82) is 0 Å². The molecule has 0 spiro atoms. The summed E-state index contributed by atoms with van der Waals surface area (Å²) < 4.78 is 0. The number of rotatable bonds is 4. The minimum atomic E-state index is -0.0171. The molecule has 0 unspecified atom stereocenters. The number of amides is 1. The van der Waals surface area contributed by atoms with Crippen molar-refractivity contribution in [3.05, 3.63) is 35.4 Å². The maximum Gasteiger partial charge on any atom is 0.251 e. The highest BCUT2D eigenvalue weighted by atomic mass is 16.1. The van der Waals surface area contributed by atoms with Gasteiger partial charge in [0.15, 0.2) is 0 Å². The topological polar surface area (TPSA) is 55.1 Å². The van der Waals surface area contributed by atoms with Crippen molar-refractivity contribution in [1.82, 2.24) is 5.32 Å². The molecule has 1 aromatic carbocycles. The highest BCUT2D eigenvalue weighted by molar-refractivity contribution is 5.95. The van der Waals surface area contributed by atoms with Crippen molar-refractivity contribution >= 4 is 5.91 Å². The zero-order valence-corrected chi connectivity index (χ0v) is 8.42. The maximum absolute atomic E-state index is 11.6. The Morgan fingerprint density at radius 2 is 2.14 bits per heavy atom. The highest BCUT2D eigenvalue weighted by Crippen LogP contribution is 2.05. The second-order valence-corrected chi connectivity index (χ2v) is 3.21. The standard InChI is InChI=1S/C11H16N2O/c1-9-5-2-3-6-10(9)11(14)13-8-4-7-12/h2-3,5-6H,4,7-8,12H2,1H3,(H,13,14). The summed E-state index contributed by atoms with van der Waals surface area (Å²) in [6, 6.07) is 7.54. The summed E-state index contributed by atoms with van der Waals surface area (Å²) >= 11 is 0. The molecule has 3 N–H and O–H groups in total. The Hall–Kier alpha value is -1.35. The average Bonchev–Trinajstić information content (AvgIpc) is 2.18. The third kappa shape index (κ3) is 2.85. The fraction of sp³-hybridized carbons (Fsp3) is 0.364. The van der Waals surface area contributed by atoms with Gasteiger partial charge in [-0.05, 0) is 31.5 Å². The smallest absolute Gasteiger partial charge is 0.251 e. The third-order valence-electron chi connectivity index (χ3n) is 2.06. The summed E-state index contributed by atoms with van der Waals surface area (Å²) in [5.74, 6) is -0.0171. The highest BCUT2D eigenvalue weighted by Gasteiger charge is 2.05. The molecule has 1 rings (SSSR count). The van der Waals surface area contributed by atoms with E-state index in [0.717, 1.165) is 17.5 Å². The quantitative estimate of drug-likeness (QED) is 0.701. The molecule has 0 aromatic heterocycles. The Morgan fingerprint density at radius 1 is 1.43 bits per heavy atom. The van der Waals surface area contributed by atoms with E-state index in [1.165, 1.54) is 0 Å². The fourth-order valence-corrected chi connectivity index (χ4v) is 1.23. The fourth-order valence-electron chi connectivity index (χ4n) is 1.23. The van der Waals surface area contributed by atoms with Crippen molar-refractivity contribution in [2.75, 3.05) is 13.1 Å². The van der Waals surface area contributed by atoms with Gasteiger partial charge in [0.1, 0.15) is 0 Å². The predicted octanol–water partition coefficient (Wildman–Crippen LogP) is 1.07. The second-order valence-electron chi connectivity index (χ2n) is 3.21. The third-order valence-corrected chi connectivity index (χ3v) is 2.06. The van der Waals surface area contributed by atoms with Crippen molar-refractivity contribution in [3.63, 3.8) is 0 Å². The molecule has 0 bridgehead atoms. The van der Waals surface area contributed by atoms with Crippen LogP contribution in [0.25, 0.3) is 0 Å². The molecule has 3 heteroatoms. The van der Waals surface area contributed by atoms with E-state index in [2.05, 4.69) is 5.32 Å². The molecule has 0 aliphatic carbocycles. The van der Waals surface area contributed by atoms with Crippen LogP contribution in [0.5, 0.6) is 0 Å². The van der Waals surface area contributed by atoms with Gasteiger partial charge in [0.05, 0.1) is 0 Å². The summed E-state index contributed by atoms with van der Waals surface area (Å²) in [6.45, 7) is 3.18. The van der Waals surface area contributed by atoms with Crippen LogP contribution in [0.4, 0.5) is 0 Å². The van der Waals surface area contributed by atoms with Gasteiger partial charge in [0.25, 0.3) is 5.91 Å². The SMILES string of the molecule is Cc1ccccc1C(=O)NCCCN. The molecule has 76 valence electrons. The Morgan fingerprint density at radius 3 is 2.79 bits per heavy atom. The zero-order chi connectivity index (χ0) is 10.4. The summed E-state index contributed by atoms with van der Waals surface area (Å²) in [6.07, 6.45) is 0.817. The van der Waals surface area contributed by atoms with E-state index in [0.29, 0.717) is 13.1 Å². The summed E-state index contributed by atoms with van der Waals surface area (Å²) in [4.78, 5) is 11.6. The second kappa shape index (κ2) is 5.40. The number of nitrogens with two attached hydrogens (primary N) is 1.